The van der Waals surface area contributed by atoms with Crippen molar-refractivity contribution in [3.63, 3.8) is 0 Å². The minimum atomic E-state index is 0.606. The lowest BCUT2D eigenvalue weighted by Crippen LogP contribution is -1.93. The highest BCUT2D eigenvalue weighted by atomic mass is 79.9. The Bertz CT molecular complexity index is 271. The summed E-state index contributed by atoms with van der Waals surface area (Å²) in [4.78, 5) is 0. The molecule has 0 aliphatic carbocycles. The second kappa shape index (κ2) is 3.09. The maximum absolute atomic E-state index is 5.54. The van der Waals surface area contributed by atoms with Gasteiger partial charge in [-0.15, -0.1) is 0 Å². The molecule has 2 N–H and O–H groups in total. The van der Waals surface area contributed by atoms with Crippen LogP contribution in [0.15, 0.2) is 29.3 Å². The van der Waals surface area contributed by atoms with E-state index in [4.69, 9.17) is 5.73 Å². The van der Waals surface area contributed by atoms with E-state index < -0.39 is 0 Å². The zero-order valence-electron chi connectivity index (χ0n) is 6.39. The molecule has 1 aromatic carbocycles. The van der Waals surface area contributed by atoms with E-state index >= 15 is 0 Å². The average molecular weight is 212 g/mol. The first-order valence-corrected chi connectivity index (χ1v) is 4.11. The van der Waals surface area contributed by atoms with Crippen molar-refractivity contribution in [1.29, 1.82) is 0 Å². The van der Waals surface area contributed by atoms with Crippen molar-refractivity contribution in [3.05, 3.63) is 40.4 Å². The van der Waals surface area contributed by atoms with E-state index in [1.807, 2.05) is 25.1 Å². The molecule has 0 atom stereocenters. The number of hydrogen-bond acceptors (Lipinski definition) is 1. The summed E-state index contributed by atoms with van der Waals surface area (Å²) in [6.07, 6.45) is 0. The molecule has 0 aliphatic heterocycles. The summed E-state index contributed by atoms with van der Waals surface area (Å²) in [5.41, 5.74) is 8.31. The molecule has 1 nitrogen and oxygen atoms in total. The normalized spacial score (nSPS) is 9.64. The molecule has 0 saturated heterocycles. The lowest BCUT2D eigenvalue weighted by molar-refractivity contribution is 1.41. The van der Waals surface area contributed by atoms with Crippen LogP contribution in [0, 0.1) is 6.92 Å². The fourth-order valence-electron chi connectivity index (χ4n) is 0.922. The summed E-state index contributed by atoms with van der Waals surface area (Å²) in [5, 5.41) is 0. The van der Waals surface area contributed by atoms with Crippen LogP contribution in [0.5, 0.6) is 0 Å². The van der Waals surface area contributed by atoms with E-state index in [0.29, 0.717) is 5.70 Å². The number of halogens is 1. The first kappa shape index (κ1) is 8.34. The molecular weight excluding hydrogens is 202 g/mol. The predicted molar refractivity (Wildman–Crippen MR) is 52.1 cm³/mol. The standard InChI is InChI=1S/C9H10BrN/c1-6-3-8(7(2)11)5-9(10)4-6/h3-5H,2,11H2,1H3. The SMILES string of the molecule is C=C(N)c1cc(C)cc(Br)c1. The highest BCUT2D eigenvalue weighted by Crippen LogP contribution is 2.17. The minimum absolute atomic E-state index is 0.606. The molecule has 0 amide bonds. The fourth-order valence-corrected chi connectivity index (χ4v) is 1.53. The topological polar surface area (TPSA) is 26.0 Å². The number of nitrogens with two attached hydrogens (primary N) is 1. The van der Waals surface area contributed by atoms with Gasteiger partial charge in [0.2, 0.25) is 0 Å². The summed E-state index contributed by atoms with van der Waals surface area (Å²) >= 11 is 3.38. The van der Waals surface area contributed by atoms with Gasteiger partial charge in [-0.25, -0.2) is 0 Å². The highest BCUT2D eigenvalue weighted by Gasteiger charge is 1.96. The zero-order chi connectivity index (χ0) is 8.43. The van der Waals surface area contributed by atoms with Gasteiger partial charge in [0.25, 0.3) is 0 Å². The predicted octanol–water partition coefficient (Wildman–Crippen LogP) is 2.69. The van der Waals surface area contributed by atoms with Gasteiger partial charge in [0, 0.05) is 10.2 Å². The molecular formula is C9H10BrN. The number of hydrogen-bond donors (Lipinski definition) is 1. The lowest BCUT2D eigenvalue weighted by atomic mass is 10.1. The van der Waals surface area contributed by atoms with E-state index in [2.05, 4.69) is 22.5 Å². The molecule has 1 aromatic rings. The smallest absolute Gasteiger partial charge is 0.0315 e. The second-order valence-electron chi connectivity index (χ2n) is 2.54. The van der Waals surface area contributed by atoms with Gasteiger partial charge in [-0.3, -0.25) is 0 Å². The molecule has 0 bridgehead atoms. The summed E-state index contributed by atoms with van der Waals surface area (Å²) in [6, 6.07) is 5.99. The third-order valence-corrected chi connectivity index (χ3v) is 1.87. The van der Waals surface area contributed by atoms with Crippen molar-refractivity contribution in [1.82, 2.24) is 0 Å². The Labute approximate surface area is 75.0 Å². The van der Waals surface area contributed by atoms with Gasteiger partial charge in [0.15, 0.2) is 0 Å². The molecule has 0 aliphatic rings. The summed E-state index contributed by atoms with van der Waals surface area (Å²) in [6.45, 7) is 5.69. The van der Waals surface area contributed by atoms with E-state index in [1.54, 1.807) is 0 Å². The van der Waals surface area contributed by atoms with Crippen LogP contribution in [0.3, 0.4) is 0 Å². The molecule has 11 heavy (non-hydrogen) atoms. The lowest BCUT2D eigenvalue weighted by Gasteiger charge is -2.01. The van der Waals surface area contributed by atoms with Gasteiger partial charge in [0.1, 0.15) is 0 Å². The average Bonchev–Trinajstić information content (AvgIpc) is 1.85. The number of aryl methyl sites for hydroxylation is 1. The molecule has 0 heterocycles. The van der Waals surface area contributed by atoms with Crippen LogP contribution in [-0.4, -0.2) is 0 Å². The van der Waals surface area contributed by atoms with E-state index in [0.717, 1.165) is 10.0 Å². The summed E-state index contributed by atoms with van der Waals surface area (Å²) in [7, 11) is 0. The van der Waals surface area contributed by atoms with E-state index in [9.17, 15) is 0 Å². The van der Waals surface area contributed by atoms with Crippen LogP contribution in [-0.2, 0) is 0 Å². The Balaban J connectivity index is 3.19. The summed E-state index contributed by atoms with van der Waals surface area (Å²) < 4.78 is 1.04. The Kier molecular flexibility index (Phi) is 2.35. The Hall–Kier alpha value is -0.760. The Morgan fingerprint density at radius 2 is 2.09 bits per heavy atom. The van der Waals surface area contributed by atoms with Crippen molar-refractivity contribution in [2.45, 2.75) is 6.92 Å². The molecule has 0 unspecified atom stereocenters. The molecule has 0 saturated carbocycles. The Morgan fingerprint density at radius 3 is 2.55 bits per heavy atom. The molecule has 0 fully saturated rings. The van der Waals surface area contributed by atoms with Gasteiger partial charge in [-0.05, 0) is 36.2 Å². The number of rotatable bonds is 1. The van der Waals surface area contributed by atoms with Crippen molar-refractivity contribution in [3.8, 4) is 0 Å². The molecule has 1 rings (SSSR count). The minimum Gasteiger partial charge on any atom is -0.399 e. The van der Waals surface area contributed by atoms with Crippen molar-refractivity contribution in [2.75, 3.05) is 0 Å². The van der Waals surface area contributed by atoms with Gasteiger partial charge in [-0.2, -0.15) is 0 Å². The third kappa shape index (κ3) is 2.09. The second-order valence-corrected chi connectivity index (χ2v) is 3.46. The monoisotopic (exact) mass is 211 g/mol. The maximum atomic E-state index is 5.54. The first-order chi connectivity index (χ1) is 5.09. The largest absolute Gasteiger partial charge is 0.399 e. The van der Waals surface area contributed by atoms with Crippen LogP contribution in [0.25, 0.3) is 5.70 Å². The molecule has 0 radical (unpaired) electrons. The van der Waals surface area contributed by atoms with Crippen LogP contribution in [0.2, 0.25) is 0 Å². The molecule has 0 spiro atoms. The third-order valence-electron chi connectivity index (χ3n) is 1.41. The van der Waals surface area contributed by atoms with Gasteiger partial charge in [-0.1, -0.05) is 22.5 Å². The van der Waals surface area contributed by atoms with Gasteiger partial charge < -0.3 is 5.73 Å². The van der Waals surface area contributed by atoms with Crippen LogP contribution >= 0.6 is 15.9 Å². The van der Waals surface area contributed by atoms with Crippen molar-refractivity contribution < 1.29 is 0 Å². The van der Waals surface area contributed by atoms with Crippen LogP contribution in [0.4, 0.5) is 0 Å². The zero-order valence-corrected chi connectivity index (χ0v) is 7.98. The summed E-state index contributed by atoms with van der Waals surface area (Å²) in [5.74, 6) is 0. The number of benzene rings is 1. The molecule has 0 aromatic heterocycles. The highest BCUT2D eigenvalue weighted by molar-refractivity contribution is 9.10. The van der Waals surface area contributed by atoms with E-state index in [1.165, 1.54) is 5.56 Å². The van der Waals surface area contributed by atoms with Crippen LogP contribution < -0.4 is 5.73 Å². The molecule has 58 valence electrons. The quantitative estimate of drug-likeness (QED) is 0.760. The fraction of sp³-hybridized carbons (Fsp3) is 0.111. The van der Waals surface area contributed by atoms with Crippen LogP contribution in [0.1, 0.15) is 11.1 Å². The van der Waals surface area contributed by atoms with Crippen molar-refractivity contribution in [2.24, 2.45) is 5.73 Å². The first-order valence-electron chi connectivity index (χ1n) is 3.31. The van der Waals surface area contributed by atoms with Crippen molar-refractivity contribution >= 4 is 21.6 Å². The van der Waals surface area contributed by atoms with E-state index in [-0.39, 0.29) is 0 Å². The Morgan fingerprint density at radius 1 is 1.45 bits per heavy atom. The van der Waals surface area contributed by atoms with Gasteiger partial charge in [0.05, 0.1) is 0 Å². The van der Waals surface area contributed by atoms with Gasteiger partial charge >= 0.3 is 0 Å². The molecule has 2 heteroatoms. The maximum Gasteiger partial charge on any atom is 0.0315 e.